The van der Waals surface area contributed by atoms with Crippen molar-refractivity contribution in [1.29, 1.82) is 0 Å². The third-order valence-corrected chi connectivity index (χ3v) is 4.11. The Kier molecular flexibility index (Phi) is 3.53. The summed E-state index contributed by atoms with van der Waals surface area (Å²) in [6.45, 7) is 2.68. The van der Waals surface area contributed by atoms with Crippen LogP contribution in [0, 0.1) is 6.92 Å². The lowest BCUT2D eigenvalue weighted by Crippen LogP contribution is -2.10. The first-order chi connectivity index (χ1) is 10.1. The van der Waals surface area contributed by atoms with Gasteiger partial charge in [0, 0.05) is 17.0 Å². The van der Waals surface area contributed by atoms with Gasteiger partial charge in [0.25, 0.3) is 0 Å². The highest BCUT2D eigenvalue weighted by Crippen LogP contribution is 2.27. The van der Waals surface area contributed by atoms with Crippen molar-refractivity contribution >= 4 is 33.3 Å². The molecule has 106 valence electrons. The molecule has 0 saturated carbocycles. The van der Waals surface area contributed by atoms with Crippen LogP contribution in [0.1, 0.15) is 20.8 Å². The van der Waals surface area contributed by atoms with E-state index in [1.165, 1.54) is 4.88 Å². The van der Waals surface area contributed by atoms with Crippen LogP contribution in [0.2, 0.25) is 0 Å². The molecule has 3 rings (SSSR count). The monoisotopic (exact) mass is 298 g/mol. The highest BCUT2D eigenvalue weighted by molar-refractivity contribution is 7.18. The molecule has 3 N–H and O–H groups in total. The molecule has 0 aliphatic carbocycles. The van der Waals surface area contributed by atoms with Gasteiger partial charge in [0.2, 0.25) is 5.91 Å². The zero-order chi connectivity index (χ0) is 14.8. The largest absolute Gasteiger partial charge is 0.366 e. The highest BCUT2D eigenvalue weighted by Gasteiger charge is 2.06. The number of benzene rings is 1. The van der Waals surface area contributed by atoms with Crippen molar-refractivity contribution in [3.05, 3.63) is 52.7 Å². The van der Waals surface area contributed by atoms with Gasteiger partial charge >= 0.3 is 0 Å². The van der Waals surface area contributed by atoms with Crippen LogP contribution in [0.5, 0.6) is 0 Å². The number of hydrogen-bond donors (Lipinski definition) is 2. The fourth-order valence-electron chi connectivity index (χ4n) is 2.09. The van der Waals surface area contributed by atoms with Gasteiger partial charge in [-0.2, -0.15) is 0 Å². The van der Waals surface area contributed by atoms with Crippen LogP contribution in [0.15, 0.2) is 36.7 Å². The number of fused-ring (bicyclic) bond motifs is 1. The van der Waals surface area contributed by atoms with E-state index < -0.39 is 5.91 Å². The van der Waals surface area contributed by atoms with E-state index in [4.69, 9.17) is 5.73 Å². The summed E-state index contributed by atoms with van der Waals surface area (Å²) in [7, 11) is 0. The SMILES string of the molecule is Cc1cc2c(NCc3ccc(C(N)=O)cc3)ncnc2s1. The zero-order valence-electron chi connectivity index (χ0n) is 11.5. The summed E-state index contributed by atoms with van der Waals surface area (Å²) in [4.78, 5) is 21.8. The van der Waals surface area contributed by atoms with Crippen LogP contribution >= 0.6 is 11.3 Å². The van der Waals surface area contributed by atoms with E-state index in [1.807, 2.05) is 12.1 Å². The molecular weight excluding hydrogens is 284 g/mol. The number of anilines is 1. The van der Waals surface area contributed by atoms with Crippen molar-refractivity contribution < 1.29 is 4.79 Å². The van der Waals surface area contributed by atoms with Crippen LogP contribution < -0.4 is 11.1 Å². The first-order valence-electron chi connectivity index (χ1n) is 6.47. The number of nitrogens with one attached hydrogen (secondary N) is 1. The van der Waals surface area contributed by atoms with Crippen LogP contribution in [-0.4, -0.2) is 15.9 Å². The Morgan fingerprint density at radius 3 is 2.76 bits per heavy atom. The Bertz CT molecular complexity index is 795. The summed E-state index contributed by atoms with van der Waals surface area (Å²) >= 11 is 1.65. The number of hydrogen-bond acceptors (Lipinski definition) is 5. The van der Waals surface area contributed by atoms with Gasteiger partial charge in [-0.15, -0.1) is 11.3 Å². The molecule has 1 aromatic carbocycles. The van der Waals surface area contributed by atoms with Crippen LogP contribution in [0.3, 0.4) is 0 Å². The Balaban J connectivity index is 1.78. The van der Waals surface area contributed by atoms with Crippen molar-refractivity contribution in [2.24, 2.45) is 5.73 Å². The van der Waals surface area contributed by atoms with E-state index in [-0.39, 0.29) is 0 Å². The average Bonchev–Trinajstić information content (AvgIpc) is 2.86. The van der Waals surface area contributed by atoms with Crippen molar-refractivity contribution in [2.45, 2.75) is 13.5 Å². The Morgan fingerprint density at radius 1 is 1.29 bits per heavy atom. The number of aromatic nitrogens is 2. The summed E-state index contributed by atoms with van der Waals surface area (Å²) in [5, 5.41) is 4.34. The number of nitrogens with two attached hydrogens (primary N) is 1. The van der Waals surface area contributed by atoms with E-state index in [0.29, 0.717) is 12.1 Å². The van der Waals surface area contributed by atoms with Crippen LogP contribution in [0.25, 0.3) is 10.2 Å². The molecule has 0 aliphatic heterocycles. The second-order valence-electron chi connectivity index (χ2n) is 4.71. The van der Waals surface area contributed by atoms with Crippen molar-refractivity contribution in [3.8, 4) is 0 Å². The minimum atomic E-state index is -0.416. The lowest BCUT2D eigenvalue weighted by molar-refractivity contribution is 0.100. The summed E-state index contributed by atoms with van der Waals surface area (Å²) in [6.07, 6.45) is 1.57. The molecule has 5 nitrogen and oxygen atoms in total. The van der Waals surface area contributed by atoms with E-state index in [2.05, 4.69) is 28.3 Å². The minimum Gasteiger partial charge on any atom is -0.366 e. The molecule has 0 radical (unpaired) electrons. The van der Waals surface area contributed by atoms with Crippen molar-refractivity contribution in [3.63, 3.8) is 0 Å². The number of carbonyl (C=O) groups excluding carboxylic acids is 1. The number of aryl methyl sites for hydroxylation is 1. The normalized spacial score (nSPS) is 10.7. The molecule has 0 unspecified atom stereocenters. The molecule has 2 aromatic heterocycles. The maximum Gasteiger partial charge on any atom is 0.248 e. The first-order valence-corrected chi connectivity index (χ1v) is 7.29. The molecular formula is C15H14N4OS. The second kappa shape index (κ2) is 5.49. The smallest absolute Gasteiger partial charge is 0.248 e. The number of primary amides is 1. The quantitative estimate of drug-likeness (QED) is 0.776. The summed E-state index contributed by atoms with van der Waals surface area (Å²) in [5.41, 5.74) is 6.79. The van der Waals surface area contributed by atoms with Gasteiger partial charge in [-0.3, -0.25) is 4.79 Å². The van der Waals surface area contributed by atoms with Gasteiger partial charge in [0.1, 0.15) is 17.0 Å². The summed E-state index contributed by atoms with van der Waals surface area (Å²) in [6, 6.07) is 9.29. The molecule has 21 heavy (non-hydrogen) atoms. The first kappa shape index (κ1) is 13.5. The molecule has 1 amide bonds. The lowest BCUT2D eigenvalue weighted by Gasteiger charge is -2.07. The van der Waals surface area contributed by atoms with Crippen LogP contribution in [0.4, 0.5) is 5.82 Å². The van der Waals surface area contributed by atoms with Gasteiger partial charge in [-0.25, -0.2) is 9.97 Å². The van der Waals surface area contributed by atoms with E-state index >= 15 is 0 Å². The molecule has 0 saturated heterocycles. The minimum absolute atomic E-state index is 0.416. The predicted octanol–water partition coefficient (Wildman–Crippen LogP) is 2.71. The summed E-state index contributed by atoms with van der Waals surface area (Å²) in [5.74, 6) is 0.407. The predicted molar refractivity (Wildman–Crippen MR) is 84.4 cm³/mol. The van der Waals surface area contributed by atoms with Gasteiger partial charge < -0.3 is 11.1 Å². The molecule has 0 aliphatic rings. The Labute approximate surface area is 125 Å². The molecule has 0 atom stereocenters. The van der Waals surface area contributed by atoms with Crippen LogP contribution in [-0.2, 0) is 6.54 Å². The van der Waals surface area contributed by atoms with Gasteiger partial charge in [0.05, 0.1) is 5.39 Å². The zero-order valence-corrected chi connectivity index (χ0v) is 12.3. The maximum atomic E-state index is 11.0. The molecule has 0 bridgehead atoms. The maximum absolute atomic E-state index is 11.0. The van der Waals surface area contributed by atoms with E-state index in [1.54, 1.807) is 29.8 Å². The molecule has 0 spiro atoms. The van der Waals surface area contributed by atoms with Gasteiger partial charge in [0.15, 0.2) is 0 Å². The third kappa shape index (κ3) is 2.85. The third-order valence-electron chi connectivity index (χ3n) is 3.15. The van der Waals surface area contributed by atoms with Gasteiger partial charge in [-0.05, 0) is 30.7 Å². The fourth-order valence-corrected chi connectivity index (χ4v) is 2.94. The van der Waals surface area contributed by atoms with Crippen molar-refractivity contribution in [1.82, 2.24) is 9.97 Å². The number of carbonyl (C=O) groups is 1. The fraction of sp³-hybridized carbons (Fsp3) is 0.133. The highest BCUT2D eigenvalue weighted by atomic mass is 32.1. The summed E-state index contributed by atoms with van der Waals surface area (Å²) < 4.78 is 0. The number of rotatable bonds is 4. The lowest BCUT2D eigenvalue weighted by atomic mass is 10.1. The van der Waals surface area contributed by atoms with E-state index in [9.17, 15) is 4.79 Å². The molecule has 3 aromatic rings. The number of amides is 1. The number of thiophene rings is 1. The topological polar surface area (TPSA) is 80.9 Å². The van der Waals surface area contributed by atoms with Gasteiger partial charge in [-0.1, -0.05) is 12.1 Å². The Hall–Kier alpha value is -2.47. The Morgan fingerprint density at radius 2 is 2.05 bits per heavy atom. The second-order valence-corrected chi connectivity index (χ2v) is 5.95. The molecule has 6 heteroatoms. The average molecular weight is 298 g/mol. The molecule has 2 heterocycles. The molecule has 0 fully saturated rings. The standard InChI is InChI=1S/C15H14N4OS/c1-9-6-12-14(18-8-19-15(12)21-9)17-7-10-2-4-11(5-3-10)13(16)20/h2-6,8H,7H2,1H3,(H2,16,20)(H,17,18,19). The number of nitrogens with zero attached hydrogens (tertiary/aromatic N) is 2. The van der Waals surface area contributed by atoms with Crippen molar-refractivity contribution in [2.75, 3.05) is 5.32 Å². The van der Waals surface area contributed by atoms with E-state index in [0.717, 1.165) is 21.6 Å².